The summed E-state index contributed by atoms with van der Waals surface area (Å²) in [7, 11) is 0. The fourth-order valence-corrected chi connectivity index (χ4v) is 5.96. The Bertz CT molecular complexity index is 1640. The van der Waals surface area contributed by atoms with Crippen molar-refractivity contribution in [2.75, 3.05) is 11.9 Å². The van der Waals surface area contributed by atoms with Crippen molar-refractivity contribution in [3.05, 3.63) is 93.6 Å². The molecule has 2 aliphatic rings. The minimum absolute atomic E-state index is 0.461. The summed E-state index contributed by atoms with van der Waals surface area (Å²) in [5.74, 6) is -0.285. The van der Waals surface area contributed by atoms with E-state index in [0.717, 1.165) is 46.3 Å². The predicted molar refractivity (Wildman–Crippen MR) is 156 cm³/mol. The Morgan fingerprint density at radius 2 is 1.80 bits per heavy atom. The molecule has 1 unspecified atom stereocenters. The third-order valence-electron chi connectivity index (χ3n) is 8.15. The maximum absolute atomic E-state index is 12.9. The number of carboxylic acid groups (broad SMARTS) is 1. The smallest absolute Gasteiger partial charge is 0.412 e. The molecule has 8 nitrogen and oxygen atoms in total. The molecule has 0 spiro atoms. The van der Waals surface area contributed by atoms with Gasteiger partial charge in [-0.05, 0) is 73.5 Å². The van der Waals surface area contributed by atoms with E-state index in [9.17, 15) is 14.7 Å². The molecule has 1 atom stereocenters. The topological polar surface area (TPSA) is 114 Å². The number of rotatable bonds is 7. The Morgan fingerprint density at radius 1 is 1.07 bits per heavy atom. The number of fused-ring (bicyclic) bond motifs is 1. The quantitative estimate of drug-likeness (QED) is 0.218. The highest BCUT2D eigenvalue weighted by Crippen LogP contribution is 2.49. The SMILES string of the molecule is Cc1noc(-c2ccc(-c3ccc(C4(C(=O)O)CC4)cc3)c3c2CCNC3)c1NC(=O)OC(C)c1ccccc1Cl. The van der Waals surface area contributed by atoms with Crippen molar-refractivity contribution in [2.24, 2.45) is 0 Å². The number of carbonyl (C=O) groups is 2. The van der Waals surface area contributed by atoms with E-state index in [0.29, 0.717) is 47.1 Å². The van der Waals surface area contributed by atoms with Gasteiger partial charge in [0.1, 0.15) is 17.5 Å². The first-order valence-corrected chi connectivity index (χ1v) is 14.0. The van der Waals surface area contributed by atoms with E-state index < -0.39 is 23.6 Å². The van der Waals surface area contributed by atoms with Gasteiger partial charge in [-0.3, -0.25) is 10.1 Å². The van der Waals surface area contributed by atoms with Gasteiger partial charge in [0.05, 0.1) is 5.41 Å². The highest BCUT2D eigenvalue weighted by Gasteiger charge is 2.51. The van der Waals surface area contributed by atoms with Gasteiger partial charge in [-0.2, -0.15) is 0 Å². The summed E-state index contributed by atoms with van der Waals surface area (Å²) in [5.41, 5.74) is 7.03. The van der Waals surface area contributed by atoms with Gasteiger partial charge in [0.15, 0.2) is 5.76 Å². The number of hydrogen-bond acceptors (Lipinski definition) is 6. The number of aromatic nitrogens is 1. The van der Waals surface area contributed by atoms with Crippen LogP contribution in [-0.2, 0) is 27.9 Å². The summed E-state index contributed by atoms with van der Waals surface area (Å²) in [5, 5.41) is 20.6. The lowest BCUT2D eigenvalue weighted by atomic mass is 9.86. The fraction of sp³-hybridized carbons (Fsp3) is 0.281. The van der Waals surface area contributed by atoms with Crippen LogP contribution in [0.2, 0.25) is 5.02 Å². The number of halogens is 1. The second-order valence-electron chi connectivity index (χ2n) is 10.7. The van der Waals surface area contributed by atoms with Crippen molar-refractivity contribution >= 4 is 29.4 Å². The van der Waals surface area contributed by atoms with Crippen LogP contribution in [0.25, 0.3) is 22.5 Å². The van der Waals surface area contributed by atoms with Crippen LogP contribution < -0.4 is 10.6 Å². The number of benzene rings is 3. The molecule has 6 rings (SSSR count). The Hall–Kier alpha value is -4.14. The van der Waals surface area contributed by atoms with Crippen molar-refractivity contribution < 1.29 is 24.0 Å². The van der Waals surface area contributed by atoms with Gasteiger partial charge in [0.25, 0.3) is 0 Å². The number of hydrogen-bond donors (Lipinski definition) is 3. The van der Waals surface area contributed by atoms with Crippen LogP contribution in [-0.4, -0.2) is 28.9 Å². The summed E-state index contributed by atoms with van der Waals surface area (Å²) in [4.78, 5) is 24.7. The fourth-order valence-electron chi connectivity index (χ4n) is 5.67. The zero-order chi connectivity index (χ0) is 28.7. The number of nitrogens with one attached hydrogen (secondary N) is 2. The van der Waals surface area contributed by atoms with E-state index in [1.165, 1.54) is 0 Å². The standard InChI is InChI=1S/C32H30ClN3O5/c1-18-28(35-31(39)40-19(2)22-5-3-4-6-27(22)33)29(41-36-18)25-12-11-23(26-17-34-16-13-24(25)26)20-7-9-21(10-8-20)32(14-15-32)30(37)38/h3-12,19,34H,13-17H2,1-2H3,(H,35,39)(H,37,38). The van der Waals surface area contributed by atoms with E-state index >= 15 is 0 Å². The molecule has 0 radical (unpaired) electrons. The number of ether oxygens (including phenoxy) is 1. The van der Waals surface area contributed by atoms with Crippen molar-refractivity contribution in [1.82, 2.24) is 10.5 Å². The average molecular weight is 572 g/mol. The van der Waals surface area contributed by atoms with Gasteiger partial charge in [-0.1, -0.05) is 71.4 Å². The van der Waals surface area contributed by atoms with E-state index in [-0.39, 0.29) is 0 Å². The third kappa shape index (κ3) is 4.98. The number of nitrogens with zero attached hydrogens (tertiary/aromatic N) is 1. The van der Waals surface area contributed by atoms with Crippen LogP contribution in [0.4, 0.5) is 10.5 Å². The maximum Gasteiger partial charge on any atom is 0.412 e. The first-order valence-electron chi connectivity index (χ1n) is 13.7. The lowest BCUT2D eigenvalue weighted by Crippen LogP contribution is -2.25. The van der Waals surface area contributed by atoms with Crippen molar-refractivity contribution in [2.45, 2.75) is 51.2 Å². The number of amides is 1. The molecule has 1 fully saturated rings. The highest BCUT2D eigenvalue weighted by atomic mass is 35.5. The molecule has 2 heterocycles. The van der Waals surface area contributed by atoms with Gasteiger partial charge >= 0.3 is 12.1 Å². The molecule has 41 heavy (non-hydrogen) atoms. The number of carbonyl (C=O) groups excluding carboxylic acids is 1. The van der Waals surface area contributed by atoms with Gasteiger partial charge in [0, 0.05) is 22.7 Å². The van der Waals surface area contributed by atoms with Crippen LogP contribution in [0.1, 0.15) is 53.8 Å². The summed E-state index contributed by atoms with van der Waals surface area (Å²) in [6, 6.07) is 19.2. The average Bonchev–Trinajstić information content (AvgIpc) is 3.72. The monoisotopic (exact) mass is 571 g/mol. The normalized spacial score (nSPS) is 16.0. The molecular formula is C32H30ClN3O5. The van der Waals surface area contributed by atoms with Crippen LogP contribution in [0.5, 0.6) is 0 Å². The van der Waals surface area contributed by atoms with Gasteiger partial charge in [-0.25, -0.2) is 4.79 Å². The summed E-state index contributed by atoms with van der Waals surface area (Å²) < 4.78 is 11.4. The number of carboxylic acids is 1. The van der Waals surface area contributed by atoms with Crippen LogP contribution in [0.3, 0.4) is 0 Å². The van der Waals surface area contributed by atoms with Crippen LogP contribution in [0.15, 0.2) is 65.2 Å². The zero-order valence-electron chi connectivity index (χ0n) is 22.8. The molecule has 1 aromatic heterocycles. The number of aliphatic carboxylic acids is 1. The van der Waals surface area contributed by atoms with Crippen molar-refractivity contribution in [3.63, 3.8) is 0 Å². The first kappa shape index (κ1) is 27.1. The van der Waals surface area contributed by atoms with E-state index in [1.807, 2.05) is 54.6 Å². The molecule has 1 amide bonds. The van der Waals surface area contributed by atoms with Gasteiger partial charge in [-0.15, -0.1) is 0 Å². The summed E-state index contributed by atoms with van der Waals surface area (Å²) in [6.07, 6.45) is 0.935. The minimum atomic E-state index is -0.759. The molecule has 0 saturated heterocycles. The van der Waals surface area contributed by atoms with E-state index in [4.69, 9.17) is 20.9 Å². The molecule has 1 aliphatic carbocycles. The largest absolute Gasteiger partial charge is 0.481 e. The molecule has 3 N–H and O–H groups in total. The lowest BCUT2D eigenvalue weighted by molar-refractivity contribution is -0.140. The Labute approximate surface area is 242 Å². The Balaban J connectivity index is 1.29. The van der Waals surface area contributed by atoms with Crippen LogP contribution in [0, 0.1) is 6.92 Å². The van der Waals surface area contributed by atoms with Crippen molar-refractivity contribution in [1.29, 1.82) is 0 Å². The molecule has 1 saturated carbocycles. The molecule has 1 aliphatic heterocycles. The number of aryl methyl sites for hydroxylation is 1. The highest BCUT2D eigenvalue weighted by molar-refractivity contribution is 6.31. The zero-order valence-corrected chi connectivity index (χ0v) is 23.5. The summed E-state index contributed by atoms with van der Waals surface area (Å²) in [6.45, 7) is 5.01. The predicted octanol–water partition coefficient (Wildman–Crippen LogP) is 7.04. The molecular weight excluding hydrogens is 542 g/mol. The summed E-state index contributed by atoms with van der Waals surface area (Å²) >= 11 is 6.28. The molecule has 9 heteroatoms. The third-order valence-corrected chi connectivity index (χ3v) is 8.50. The second kappa shape index (κ2) is 10.7. The molecule has 3 aromatic carbocycles. The number of anilines is 1. The van der Waals surface area contributed by atoms with Crippen molar-refractivity contribution in [3.8, 4) is 22.5 Å². The van der Waals surface area contributed by atoms with E-state index in [1.54, 1.807) is 19.9 Å². The Kier molecular flexibility index (Phi) is 7.05. The van der Waals surface area contributed by atoms with E-state index in [2.05, 4.69) is 15.8 Å². The minimum Gasteiger partial charge on any atom is -0.481 e. The van der Waals surface area contributed by atoms with Crippen LogP contribution >= 0.6 is 11.6 Å². The molecule has 210 valence electrons. The maximum atomic E-state index is 12.9. The lowest BCUT2D eigenvalue weighted by Gasteiger charge is -2.24. The van der Waals surface area contributed by atoms with Gasteiger partial charge < -0.3 is 19.7 Å². The molecule has 0 bridgehead atoms. The Morgan fingerprint density at radius 3 is 2.51 bits per heavy atom. The first-order chi connectivity index (χ1) is 19.8. The molecule has 4 aromatic rings. The second-order valence-corrected chi connectivity index (χ2v) is 11.1. The van der Waals surface area contributed by atoms with Gasteiger partial charge in [0.2, 0.25) is 0 Å².